The van der Waals surface area contributed by atoms with Crippen molar-refractivity contribution in [3.8, 4) is 0 Å². The highest BCUT2D eigenvalue weighted by molar-refractivity contribution is 7.98. The van der Waals surface area contributed by atoms with Crippen LogP contribution in [-0.4, -0.2) is 41.0 Å². The standard InChI is InChI=1S/C10H16N4OS/c1-11-10(15)14-5-3-4-8-7(6-14)9(16-2)13-12-8/h3-6H2,1-2H3,(H,11,15)(H,12,13). The Hall–Kier alpha value is -1.17. The average Bonchev–Trinajstić information content (AvgIpc) is 2.57. The Morgan fingerprint density at radius 2 is 2.44 bits per heavy atom. The molecule has 5 nitrogen and oxygen atoms in total. The van der Waals surface area contributed by atoms with Crippen LogP contribution < -0.4 is 5.32 Å². The number of thioether (sulfide) groups is 1. The average molecular weight is 240 g/mol. The minimum absolute atomic E-state index is 0.0129. The van der Waals surface area contributed by atoms with E-state index in [1.165, 1.54) is 11.3 Å². The van der Waals surface area contributed by atoms with E-state index in [2.05, 4.69) is 15.5 Å². The Morgan fingerprint density at radius 3 is 3.12 bits per heavy atom. The first-order chi connectivity index (χ1) is 7.76. The summed E-state index contributed by atoms with van der Waals surface area (Å²) in [6, 6.07) is -0.0129. The Balaban J connectivity index is 2.24. The van der Waals surface area contributed by atoms with Crippen molar-refractivity contribution in [1.29, 1.82) is 0 Å². The van der Waals surface area contributed by atoms with Gasteiger partial charge in [0.05, 0.1) is 6.54 Å². The molecule has 1 aliphatic rings. The van der Waals surface area contributed by atoms with Crippen molar-refractivity contribution in [2.24, 2.45) is 0 Å². The number of H-pyrrole nitrogens is 1. The maximum absolute atomic E-state index is 11.6. The topological polar surface area (TPSA) is 61.0 Å². The predicted octanol–water partition coefficient (Wildman–Crippen LogP) is 1.22. The molecule has 0 bridgehead atoms. The molecule has 1 aromatic rings. The molecule has 0 saturated heterocycles. The van der Waals surface area contributed by atoms with Gasteiger partial charge in [-0.3, -0.25) is 5.10 Å². The van der Waals surface area contributed by atoms with Gasteiger partial charge in [0.15, 0.2) is 0 Å². The van der Waals surface area contributed by atoms with Crippen LogP contribution in [0.2, 0.25) is 0 Å². The zero-order chi connectivity index (χ0) is 11.5. The van der Waals surface area contributed by atoms with Crippen molar-refractivity contribution >= 4 is 17.8 Å². The fourth-order valence-corrected chi connectivity index (χ4v) is 2.54. The van der Waals surface area contributed by atoms with E-state index in [4.69, 9.17) is 0 Å². The van der Waals surface area contributed by atoms with E-state index < -0.39 is 0 Å². The van der Waals surface area contributed by atoms with E-state index in [-0.39, 0.29) is 6.03 Å². The first-order valence-corrected chi connectivity index (χ1v) is 6.55. The second-order valence-electron chi connectivity index (χ2n) is 3.77. The first-order valence-electron chi connectivity index (χ1n) is 5.33. The van der Waals surface area contributed by atoms with E-state index in [1.807, 2.05) is 11.2 Å². The lowest BCUT2D eigenvalue weighted by atomic mass is 10.2. The smallest absolute Gasteiger partial charge is 0.317 e. The molecule has 0 atom stereocenters. The van der Waals surface area contributed by atoms with Crippen molar-refractivity contribution in [3.05, 3.63) is 11.3 Å². The number of aromatic nitrogens is 2. The third-order valence-corrected chi connectivity index (χ3v) is 3.54. The Morgan fingerprint density at radius 1 is 1.62 bits per heavy atom. The third-order valence-electron chi connectivity index (χ3n) is 2.81. The number of hydrogen-bond acceptors (Lipinski definition) is 3. The molecule has 0 unspecified atom stereocenters. The Kier molecular flexibility index (Phi) is 3.38. The van der Waals surface area contributed by atoms with Gasteiger partial charge in [-0.05, 0) is 19.1 Å². The molecule has 0 spiro atoms. The highest BCUT2D eigenvalue weighted by Gasteiger charge is 2.22. The molecule has 6 heteroatoms. The summed E-state index contributed by atoms with van der Waals surface area (Å²) in [6.07, 6.45) is 3.96. The normalized spacial score (nSPS) is 15.5. The van der Waals surface area contributed by atoms with Gasteiger partial charge in [-0.2, -0.15) is 5.10 Å². The summed E-state index contributed by atoms with van der Waals surface area (Å²) in [5.41, 5.74) is 2.35. The fourth-order valence-electron chi connectivity index (χ4n) is 1.97. The molecule has 2 heterocycles. The van der Waals surface area contributed by atoms with Crippen LogP contribution in [0.5, 0.6) is 0 Å². The third kappa shape index (κ3) is 2.02. The lowest BCUT2D eigenvalue weighted by Gasteiger charge is -2.19. The van der Waals surface area contributed by atoms with E-state index in [0.717, 1.165) is 24.4 Å². The lowest BCUT2D eigenvalue weighted by Crippen LogP contribution is -2.37. The summed E-state index contributed by atoms with van der Waals surface area (Å²) < 4.78 is 0. The van der Waals surface area contributed by atoms with Crippen molar-refractivity contribution in [2.45, 2.75) is 24.4 Å². The van der Waals surface area contributed by atoms with E-state index >= 15 is 0 Å². The Labute approximate surface area is 99.0 Å². The number of nitrogens with zero attached hydrogens (tertiary/aromatic N) is 2. The predicted molar refractivity (Wildman–Crippen MR) is 63.6 cm³/mol. The molecule has 16 heavy (non-hydrogen) atoms. The van der Waals surface area contributed by atoms with Crippen LogP contribution in [0.3, 0.4) is 0 Å². The van der Waals surface area contributed by atoms with Gasteiger partial charge in [-0.1, -0.05) is 0 Å². The molecule has 2 rings (SSSR count). The highest BCUT2D eigenvalue weighted by atomic mass is 32.2. The van der Waals surface area contributed by atoms with Gasteiger partial charge in [0.2, 0.25) is 0 Å². The largest absolute Gasteiger partial charge is 0.341 e. The number of urea groups is 1. The highest BCUT2D eigenvalue weighted by Crippen LogP contribution is 2.25. The van der Waals surface area contributed by atoms with Crippen LogP contribution >= 0.6 is 11.8 Å². The minimum Gasteiger partial charge on any atom is -0.341 e. The zero-order valence-electron chi connectivity index (χ0n) is 9.54. The molecule has 0 aliphatic carbocycles. The molecule has 2 N–H and O–H groups in total. The molecule has 0 saturated carbocycles. The molecule has 1 aromatic heterocycles. The number of rotatable bonds is 1. The molecule has 0 aromatic carbocycles. The number of aromatic amines is 1. The molecule has 0 radical (unpaired) electrons. The lowest BCUT2D eigenvalue weighted by molar-refractivity contribution is 0.198. The van der Waals surface area contributed by atoms with Gasteiger partial charge < -0.3 is 10.2 Å². The SMILES string of the molecule is CNC(=O)N1CCCc2[nH]nc(SC)c2C1. The van der Waals surface area contributed by atoms with Crippen LogP contribution in [0.1, 0.15) is 17.7 Å². The molecule has 88 valence electrons. The van der Waals surface area contributed by atoms with Crippen LogP contribution in [0.15, 0.2) is 5.03 Å². The molecular formula is C10H16N4OS. The number of fused-ring (bicyclic) bond motifs is 1. The number of carbonyl (C=O) groups is 1. The molecule has 1 aliphatic heterocycles. The molecule has 0 fully saturated rings. The van der Waals surface area contributed by atoms with Crippen molar-refractivity contribution in [3.63, 3.8) is 0 Å². The van der Waals surface area contributed by atoms with E-state index in [1.54, 1.807) is 18.8 Å². The van der Waals surface area contributed by atoms with Gasteiger partial charge in [0.1, 0.15) is 5.03 Å². The van der Waals surface area contributed by atoms with Gasteiger partial charge in [-0.25, -0.2) is 4.79 Å². The van der Waals surface area contributed by atoms with Crippen molar-refractivity contribution in [2.75, 3.05) is 19.8 Å². The van der Waals surface area contributed by atoms with Crippen molar-refractivity contribution in [1.82, 2.24) is 20.4 Å². The number of aryl methyl sites for hydroxylation is 1. The van der Waals surface area contributed by atoms with E-state index in [9.17, 15) is 4.79 Å². The minimum atomic E-state index is -0.0129. The van der Waals surface area contributed by atoms with Crippen molar-refractivity contribution < 1.29 is 4.79 Å². The number of carbonyl (C=O) groups excluding carboxylic acids is 1. The maximum atomic E-state index is 11.6. The monoisotopic (exact) mass is 240 g/mol. The molecule has 2 amide bonds. The van der Waals surface area contributed by atoms with Crippen LogP contribution in [0.4, 0.5) is 4.79 Å². The van der Waals surface area contributed by atoms with Gasteiger partial charge in [-0.15, -0.1) is 11.8 Å². The quantitative estimate of drug-likeness (QED) is 0.726. The van der Waals surface area contributed by atoms with Crippen LogP contribution in [0.25, 0.3) is 0 Å². The summed E-state index contributed by atoms with van der Waals surface area (Å²) in [7, 11) is 1.67. The fraction of sp³-hybridized carbons (Fsp3) is 0.600. The van der Waals surface area contributed by atoms with Gasteiger partial charge >= 0.3 is 6.03 Å². The summed E-state index contributed by atoms with van der Waals surface area (Å²) in [6.45, 7) is 1.46. The van der Waals surface area contributed by atoms with Gasteiger partial charge in [0.25, 0.3) is 0 Å². The zero-order valence-corrected chi connectivity index (χ0v) is 10.4. The summed E-state index contributed by atoms with van der Waals surface area (Å²) in [4.78, 5) is 13.5. The Bertz CT molecular complexity index is 390. The number of nitrogens with one attached hydrogen (secondary N) is 2. The second kappa shape index (κ2) is 4.78. The van der Waals surface area contributed by atoms with Crippen LogP contribution in [0, 0.1) is 0 Å². The first kappa shape index (κ1) is 11.3. The summed E-state index contributed by atoms with van der Waals surface area (Å²) in [5, 5.41) is 11.0. The van der Waals surface area contributed by atoms with Crippen LogP contribution in [-0.2, 0) is 13.0 Å². The number of amides is 2. The summed E-state index contributed by atoms with van der Waals surface area (Å²) >= 11 is 1.62. The number of hydrogen-bond donors (Lipinski definition) is 2. The summed E-state index contributed by atoms with van der Waals surface area (Å²) in [5.74, 6) is 0. The van der Waals surface area contributed by atoms with Gasteiger partial charge in [0, 0.05) is 24.8 Å². The maximum Gasteiger partial charge on any atom is 0.317 e. The van der Waals surface area contributed by atoms with E-state index in [0.29, 0.717) is 6.54 Å². The second-order valence-corrected chi connectivity index (χ2v) is 4.57. The molecular weight excluding hydrogens is 224 g/mol.